The van der Waals surface area contributed by atoms with Crippen LogP contribution in [0.2, 0.25) is 0 Å². The van der Waals surface area contributed by atoms with Gasteiger partial charge in [0, 0.05) is 43.4 Å². The molecule has 1 N–H and O–H groups in total. The summed E-state index contributed by atoms with van der Waals surface area (Å²) in [6.07, 6.45) is 0.572. The number of β-amino-alcohol motifs (C(OH)–C–C–N with tert-alkyl or cyclic N) is 1. The number of aliphatic hydroxyl groups excluding tert-OH is 1. The highest BCUT2D eigenvalue weighted by atomic mass is 32.2. The third-order valence-electron chi connectivity index (χ3n) is 5.98. The highest BCUT2D eigenvalue weighted by molar-refractivity contribution is 7.89. The number of aliphatic hydroxyl groups is 1. The summed E-state index contributed by atoms with van der Waals surface area (Å²) in [7, 11) is -0.784. The fraction of sp³-hybridized carbons (Fsp3) is 0.429. The van der Waals surface area contributed by atoms with Crippen LogP contribution in [-0.2, 0) is 16.6 Å². The Morgan fingerprint density at radius 3 is 2.38 bits per heavy atom. The lowest BCUT2D eigenvalue weighted by Crippen LogP contribution is -2.34. The maximum absolute atomic E-state index is 12.9. The molecular weight excluding hydrogens is 438 g/mol. The van der Waals surface area contributed by atoms with Crippen LogP contribution in [0.1, 0.15) is 30.1 Å². The van der Waals surface area contributed by atoms with Crippen LogP contribution >= 0.6 is 0 Å². The van der Waals surface area contributed by atoms with E-state index in [-0.39, 0.29) is 29.4 Å². The second-order valence-electron chi connectivity index (χ2n) is 7.78. The first kappa shape index (κ1) is 22.3. The molecule has 10 nitrogen and oxygen atoms in total. The summed E-state index contributed by atoms with van der Waals surface area (Å²) < 4.78 is 37.9. The average Bonchev–Trinajstić information content (AvgIpc) is 3.33. The molecule has 2 aromatic carbocycles. The summed E-state index contributed by atoms with van der Waals surface area (Å²) in [4.78, 5) is 12.8. The van der Waals surface area contributed by atoms with Crippen molar-refractivity contribution in [1.29, 1.82) is 0 Å². The van der Waals surface area contributed by atoms with E-state index >= 15 is 0 Å². The number of methoxy groups -OCH3 is 2. The van der Waals surface area contributed by atoms with E-state index in [1.165, 1.54) is 30.7 Å². The maximum atomic E-state index is 12.9. The van der Waals surface area contributed by atoms with Gasteiger partial charge >= 0.3 is 0 Å². The van der Waals surface area contributed by atoms with Gasteiger partial charge in [-0.1, -0.05) is 0 Å². The molecule has 0 aromatic heterocycles. The number of nitro groups is 1. The van der Waals surface area contributed by atoms with E-state index in [1.54, 1.807) is 17.0 Å². The molecule has 32 heavy (non-hydrogen) atoms. The monoisotopic (exact) mass is 463 g/mol. The molecule has 0 saturated carbocycles. The van der Waals surface area contributed by atoms with Crippen molar-refractivity contribution in [3.05, 3.63) is 51.6 Å². The van der Waals surface area contributed by atoms with Crippen LogP contribution in [0.15, 0.2) is 35.2 Å². The molecule has 4 rings (SSSR count). The van der Waals surface area contributed by atoms with E-state index in [1.807, 2.05) is 0 Å². The Kier molecular flexibility index (Phi) is 5.97. The Morgan fingerprint density at radius 1 is 1.09 bits per heavy atom. The zero-order chi connectivity index (χ0) is 23.0. The second kappa shape index (κ2) is 8.57. The van der Waals surface area contributed by atoms with Crippen molar-refractivity contribution in [2.24, 2.45) is 0 Å². The summed E-state index contributed by atoms with van der Waals surface area (Å²) in [5.74, 6) is 1.04. The minimum atomic E-state index is -3.80. The number of hydrogen-bond donors (Lipinski definition) is 1. The van der Waals surface area contributed by atoms with Gasteiger partial charge in [-0.2, -0.15) is 4.31 Å². The Morgan fingerprint density at radius 2 is 1.75 bits per heavy atom. The van der Waals surface area contributed by atoms with Gasteiger partial charge in [0.25, 0.3) is 5.69 Å². The lowest BCUT2D eigenvalue weighted by Gasteiger charge is -2.35. The molecule has 1 atom stereocenters. The fourth-order valence-electron chi connectivity index (χ4n) is 4.41. The van der Waals surface area contributed by atoms with Crippen LogP contribution in [0.25, 0.3) is 0 Å². The summed E-state index contributed by atoms with van der Waals surface area (Å²) in [6.45, 7) is 1.13. The Hall–Kier alpha value is -2.89. The molecule has 0 unspecified atom stereocenters. The molecule has 0 spiro atoms. The third-order valence-corrected chi connectivity index (χ3v) is 7.87. The first-order valence-electron chi connectivity index (χ1n) is 10.2. The number of sulfonamides is 1. The van der Waals surface area contributed by atoms with Gasteiger partial charge in [0.05, 0.1) is 24.0 Å². The van der Waals surface area contributed by atoms with Gasteiger partial charge in [0.2, 0.25) is 10.0 Å². The molecule has 0 radical (unpaired) electrons. The van der Waals surface area contributed by atoms with Crippen molar-refractivity contribution in [3.63, 3.8) is 0 Å². The smallest absolute Gasteiger partial charge is 0.293 e. The zero-order valence-electron chi connectivity index (χ0n) is 17.9. The molecular formula is C21H25N3O7S. The van der Waals surface area contributed by atoms with Gasteiger partial charge in [-0.3, -0.25) is 10.1 Å². The van der Waals surface area contributed by atoms with Gasteiger partial charge in [0.1, 0.15) is 23.3 Å². The highest BCUT2D eigenvalue weighted by Crippen LogP contribution is 2.43. The first-order chi connectivity index (χ1) is 15.3. The molecule has 2 aliphatic rings. The SMILES string of the molecule is COc1ccc(OC)c2c1CN(c1ccc(S(=O)(=O)N3CCCC3)cc1[N+](=O)[O-])C[C@H]2O. The van der Waals surface area contributed by atoms with E-state index in [2.05, 4.69) is 0 Å². The van der Waals surface area contributed by atoms with Crippen molar-refractivity contribution in [2.45, 2.75) is 30.4 Å². The standard InChI is InChI=1S/C21H25N3O7S/c1-30-19-7-8-20(31-2)21-15(19)12-22(13-18(21)25)16-6-5-14(11-17(16)24(26)27)32(28,29)23-9-3-4-10-23/h5-8,11,18,25H,3-4,9-10,12-13H2,1-2H3/t18-/m1/s1. The highest BCUT2D eigenvalue weighted by Gasteiger charge is 2.34. The number of hydrogen-bond acceptors (Lipinski definition) is 8. The van der Waals surface area contributed by atoms with Crippen LogP contribution in [0.5, 0.6) is 11.5 Å². The molecule has 2 aliphatic heterocycles. The molecule has 0 aliphatic carbocycles. The van der Waals surface area contributed by atoms with E-state index in [4.69, 9.17) is 9.47 Å². The summed E-state index contributed by atoms with van der Waals surface area (Å²) in [5.41, 5.74) is 1.14. The van der Waals surface area contributed by atoms with Gasteiger partial charge in [-0.15, -0.1) is 0 Å². The van der Waals surface area contributed by atoms with E-state index < -0.39 is 21.1 Å². The lowest BCUT2D eigenvalue weighted by atomic mass is 9.94. The quantitative estimate of drug-likeness (QED) is 0.512. The summed E-state index contributed by atoms with van der Waals surface area (Å²) in [6, 6.07) is 7.35. The summed E-state index contributed by atoms with van der Waals surface area (Å²) in [5, 5.41) is 22.7. The van der Waals surface area contributed by atoms with Crippen LogP contribution in [0, 0.1) is 10.1 Å². The molecule has 2 aromatic rings. The second-order valence-corrected chi connectivity index (χ2v) is 9.72. The molecule has 172 valence electrons. The third kappa shape index (κ3) is 3.76. The minimum Gasteiger partial charge on any atom is -0.496 e. The zero-order valence-corrected chi connectivity index (χ0v) is 18.7. The van der Waals surface area contributed by atoms with Crippen LogP contribution < -0.4 is 14.4 Å². The molecule has 0 amide bonds. The van der Waals surface area contributed by atoms with Crippen molar-refractivity contribution >= 4 is 21.4 Å². The van der Waals surface area contributed by atoms with E-state index in [0.29, 0.717) is 35.7 Å². The molecule has 2 heterocycles. The number of anilines is 1. The fourth-order valence-corrected chi connectivity index (χ4v) is 5.95. The Labute approximate surface area is 186 Å². The Bertz CT molecular complexity index is 1150. The van der Waals surface area contributed by atoms with Crippen molar-refractivity contribution in [2.75, 3.05) is 38.8 Å². The Balaban J connectivity index is 1.75. The normalized spacial score (nSPS) is 19.0. The van der Waals surface area contributed by atoms with E-state index in [9.17, 15) is 23.6 Å². The average molecular weight is 464 g/mol. The number of benzene rings is 2. The van der Waals surface area contributed by atoms with Gasteiger partial charge in [-0.25, -0.2) is 8.42 Å². The largest absolute Gasteiger partial charge is 0.496 e. The van der Waals surface area contributed by atoms with Crippen LogP contribution in [0.4, 0.5) is 11.4 Å². The number of nitrogens with zero attached hydrogens (tertiary/aromatic N) is 3. The van der Waals surface area contributed by atoms with Gasteiger partial charge in [0.15, 0.2) is 0 Å². The lowest BCUT2D eigenvalue weighted by molar-refractivity contribution is -0.384. The van der Waals surface area contributed by atoms with Gasteiger partial charge < -0.3 is 19.5 Å². The van der Waals surface area contributed by atoms with E-state index in [0.717, 1.165) is 18.9 Å². The summed E-state index contributed by atoms with van der Waals surface area (Å²) >= 11 is 0. The first-order valence-corrected chi connectivity index (χ1v) is 11.7. The topological polar surface area (TPSA) is 122 Å². The van der Waals surface area contributed by atoms with Crippen LogP contribution in [0.3, 0.4) is 0 Å². The van der Waals surface area contributed by atoms with Crippen LogP contribution in [-0.4, -0.2) is 56.6 Å². The van der Waals surface area contributed by atoms with Crippen molar-refractivity contribution in [3.8, 4) is 11.5 Å². The number of nitro benzene ring substituents is 1. The predicted octanol–water partition coefficient (Wildman–Crippen LogP) is 2.45. The number of ether oxygens (including phenoxy) is 2. The number of fused-ring (bicyclic) bond motifs is 1. The maximum Gasteiger partial charge on any atom is 0.293 e. The molecule has 1 saturated heterocycles. The minimum absolute atomic E-state index is 0.0790. The molecule has 11 heteroatoms. The van der Waals surface area contributed by atoms with Crippen molar-refractivity contribution in [1.82, 2.24) is 4.31 Å². The van der Waals surface area contributed by atoms with Crippen molar-refractivity contribution < 1.29 is 27.9 Å². The molecule has 1 fully saturated rings. The molecule has 0 bridgehead atoms. The predicted molar refractivity (Wildman–Crippen MR) is 117 cm³/mol. The van der Waals surface area contributed by atoms with Gasteiger partial charge in [-0.05, 0) is 37.1 Å². The number of rotatable bonds is 6.